The van der Waals surface area contributed by atoms with E-state index >= 15 is 0 Å². The summed E-state index contributed by atoms with van der Waals surface area (Å²) in [7, 11) is 0. The molecule has 0 spiro atoms. The fraction of sp³-hybridized carbons (Fsp3) is 1.00. The van der Waals surface area contributed by atoms with Crippen molar-refractivity contribution in [1.29, 1.82) is 0 Å². The predicted octanol–water partition coefficient (Wildman–Crippen LogP) is 3.92. The van der Waals surface area contributed by atoms with Crippen molar-refractivity contribution in [1.82, 2.24) is 0 Å². The standard InChI is InChI=1S/C12H26O3S/c1-12(2)10-8-6-4-3-5-7-9-11-15-16(13)14/h12H,3-11H2,1-2H3,(H,13,14). The molecule has 98 valence electrons. The molecule has 4 heteroatoms. The molecule has 0 rings (SSSR count). The molecule has 0 aromatic rings. The van der Waals surface area contributed by atoms with E-state index in [0.717, 1.165) is 18.8 Å². The summed E-state index contributed by atoms with van der Waals surface area (Å²) in [5, 5.41) is 0. The highest BCUT2D eigenvalue weighted by molar-refractivity contribution is 7.74. The van der Waals surface area contributed by atoms with E-state index in [1.807, 2.05) is 0 Å². The van der Waals surface area contributed by atoms with Crippen LogP contribution in [0.1, 0.15) is 65.2 Å². The Bertz CT molecular complexity index is 172. The molecule has 0 bridgehead atoms. The first kappa shape index (κ1) is 16.1. The van der Waals surface area contributed by atoms with Crippen LogP contribution in [0.2, 0.25) is 0 Å². The molecule has 0 radical (unpaired) electrons. The third-order valence-corrected chi connectivity index (χ3v) is 2.98. The van der Waals surface area contributed by atoms with Crippen LogP contribution in [0, 0.1) is 5.92 Å². The zero-order valence-electron chi connectivity index (χ0n) is 10.6. The molecule has 0 aliphatic rings. The Morgan fingerprint density at radius 1 is 1.00 bits per heavy atom. The van der Waals surface area contributed by atoms with Crippen LogP contribution >= 0.6 is 0 Å². The van der Waals surface area contributed by atoms with Gasteiger partial charge in [0.05, 0.1) is 6.61 Å². The van der Waals surface area contributed by atoms with E-state index in [9.17, 15) is 4.21 Å². The second kappa shape index (κ2) is 11.6. The van der Waals surface area contributed by atoms with E-state index in [1.165, 1.54) is 38.5 Å². The first-order valence-corrected chi connectivity index (χ1v) is 7.40. The Morgan fingerprint density at radius 2 is 1.50 bits per heavy atom. The maximum absolute atomic E-state index is 10.2. The third-order valence-electron chi connectivity index (χ3n) is 2.61. The van der Waals surface area contributed by atoms with Crippen molar-refractivity contribution in [2.75, 3.05) is 6.61 Å². The molecule has 0 aromatic carbocycles. The Balaban J connectivity index is 2.96. The summed E-state index contributed by atoms with van der Waals surface area (Å²) in [5.41, 5.74) is 0. The van der Waals surface area contributed by atoms with Crippen molar-refractivity contribution in [2.24, 2.45) is 5.92 Å². The Morgan fingerprint density at radius 3 is 2.00 bits per heavy atom. The van der Waals surface area contributed by atoms with E-state index in [-0.39, 0.29) is 0 Å². The summed E-state index contributed by atoms with van der Waals surface area (Å²) in [6.07, 6.45) is 9.83. The van der Waals surface area contributed by atoms with Gasteiger partial charge in [-0.1, -0.05) is 58.8 Å². The smallest absolute Gasteiger partial charge is 0.284 e. The summed E-state index contributed by atoms with van der Waals surface area (Å²) < 4.78 is 23.0. The summed E-state index contributed by atoms with van der Waals surface area (Å²) >= 11 is -2.08. The highest BCUT2D eigenvalue weighted by atomic mass is 32.2. The van der Waals surface area contributed by atoms with Gasteiger partial charge in [0.15, 0.2) is 0 Å². The SMILES string of the molecule is CC(C)CCCCCCCCCOS(=O)O. The molecule has 0 aliphatic carbocycles. The van der Waals surface area contributed by atoms with Crippen LogP contribution in [-0.2, 0) is 15.5 Å². The fourth-order valence-electron chi connectivity index (χ4n) is 1.67. The van der Waals surface area contributed by atoms with Gasteiger partial charge in [-0.25, -0.2) is 0 Å². The largest absolute Gasteiger partial charge is 0.301 e. The van der Waals surface area contributed by atoms with Crippen LogP contribution in [0.3, 0.4) is 0 Å². The van der Waals surface area contributed by atoms with Crippen molar-refractivity contribution >= 4 is 11.4 Å². The highest BCUT2D eigenvalue weighted by Gasteiger charge is 1.96. The number of hydrogen-bond donors (Lipinski definition) is 1. The lowest BCUT2D eigenvalue weighted by atomic mass is 10.0. The molecule has 0 heterocycles. The minimum absolute atomic E-state index is 0.399. The average molecular weight is 250 g/mol. The quantitative estimate of drug-likeness (QED) is 0.446. The van der Waals surface area contributed by atoms with E-state index in [2.05, 4.69) is 18.0 Å². The van der Waals surface area contributed by atoms with Gasteiger partial charge in [0, 0.05) is 0 Å². The monoisotopic (exact) mass is 250 g/mol. The van der Waals surface area contributed by atoms with Gasteiger partial charge in [0.1, 0.15) is 0 Å². The van der Waals surface area contributed by atoms with Gasteiger partial charge < -0.3 is 0 Å². The molecule has 0 amide bonds. The second-order valence-electron chi connectivity index (χ2n) is 4.70. The van der Waals surface area contributed by atoms with Crippen molar-refractivity contribution in [3.63, 3.8) is 0 Å². The number of unbranched alkanes of at least 4 members (excludes halogenated alkanes) is 6. The summed E-state index contributed by atoms with van der Waals surface area (Å²) in [4.78, 5) is 0. The second-order valence-corrected chi connectivity index (χ2v) is 5.37. The Labute approximate surface area is 102 Å². The third kappa shape index (κ3) is 14.1. The van der Waals surface area contributed by atoms with Gasteiger partial charge in [0.2, 0.25) is 0 Å². The molecule has 0 fully saturated rings. The van der Waals surface area contributed by atoms with Crippen LogP contribution in [0.5, 0.6) is 0 Å². The van der Waals surface area contributed by atoms with Gasteiger partial charge in [-0.15, -0.1) is 0 Å². The van der Waals surface area contributed by atoms with Crippen LogP contribution in [0.15, 0.2) is 0 Å². The van der Waals surface area contributed by atoms with Gasteiger partial charge >= 0.3 is 11.4 Å². The first-order valence-electron chi connectivity index (χ1n) is 6.37. The molecule has 1 unspecified atom stereocenters. The molecule has 0 aromatic heterocycles. The van der Waals surface area contributed by atoms with E-state index in [1.54, 1.807) is 0 Å². The molecule has 1 N–H and O–H groups in total. The van der Waals surface area contributed by atoms with E-state index in [4.69, 9.17) is 4.55 Å². The Kier molecular flexibility index (Phi) is 11.6. The molecule has 0 saturated carbocycles. The highest BCUT2D eigenvalue weighted by Crippen LogP contribution is 2.11. The van der Waals surface area contributed by atoms with Crippen LogP contribution in [0.25, 0.3) is 0 Å². The maximum atomic E-state index is 10.2. The lowest BCUT2D eigenvalue weighted by molar-refractivity contribution is 0.296. The van der Waals surface area contributed by atoms with Crippen molar-refractivity contribution < 1.29 is 12.9 Å². The van der Waals surface area contributed by atoms with Crippen LogP contribution in [-0.4, -0.2) is 15.4 Å². The van der Waals surface area contributed by atoms with Crippen molar-refractivity contribution in [2.45, 2.75) is 65.2 Å². The zero-order chi connectivity index (χ0) is 12.2. The molecule has 0 aliphatic heterocycles. The van der Waals surface area contributed by atoms with E-state index < -0.39 is 11.4 Å². The molecule has 1 atom stereocenters. The summed E-state index contributed by atoms with van der Waals surface area (Å²) in [6.45, 7) is 4.94. The topological polar surface area (TPSA) is 46.5 Å². The van der Waals surface area contributed by atoms with Gasteiger partial charge in [-0.2, -0.15) is 4.21 Å². The van der Waals surface area contributed by atoms with Crippen LogP contribution in [0.4, 0.5) is 0 Å². The molecule has 16 heavy (non-hydrogen) atoms. The zero-order valence-corrected chi connectivity index (χ0v) is 11.4. The number of hydrogen-bond acceptors (Lipinski definition) is 2. The predicted molar refractivity (Wildman–Crippen MR) is 68.5 cm³/mol. The Hall–Kier alpha value is 0.0700. The molecular formula is C12H26O3S. The molecule has 0 saturated heterocycles. The summed E-state index contributed by atoms with van der Waals surface area (Å²) in [6, 6.07) is 0. The normalized spacial score (nSPS) is 13.2. The minimum atomic E-state index is -2.08. The number of rotatable bonds is 11. The average Bonchev–Trinajstić information content (AvgIpc) is 2.20. The van der Waals surface area contributed by atoms with Gasteiger partial charge in [0.25, 0.3) is 0 Å². The van der Waals surface area contributed by atoms with Crippen molar-refractivity contribution in [3.05, 3.63) is 0 Å². The van der Waals surface area contributed by atoms with Crippen molar-refractivity contribution in [3.8, 4) is 0 Å². The van der Waals surface area contributed by atoms with Gasteiger partial charge in [-0.3, -0.25) is 8.74 Å². The lowest BCUT2D eigenvalue weighted by Crippen LogP contribution is -1.97. The van der Waals surface area contributed by atoms with Crippen LogP contribution < -0.4 is 0 Å². The minimum Gasteiger partial charge on any atom is -0.284 e. The molecule has 3 nitrogen and oxygen atoms in total. The molecular weight excluding hydrogens is 224 g/mol. The fourth-order valence-corrected chi connectivity index (χ4v) is 1.93. The summed E-state index contributed by atoms with van der Waals surface area (Å²) in [5.74, 6) is 0.830. The van der Waals surface area contributed by atoms with Gasteiger partial charge in [-0.05, 0) is 12.3 Å². The lowest BCUT2D eigenvalue weighted by Gasteiger charge is -2.04. The maximum Gasteiger partial charge on any atom is 0.301 e. The first-order chi connectivity index (χ1) is 7.63. The van der Waals surface area contributed by atoms with E-state index in [0.29, 0.717) is 6.61 Å².